The van der Waals surface area contributed by atoms with E-state index >= 15 is 0 Å². The molecule has 1 aliphatic carbocycles. The quantitative estimate of drug-likeness (QED) is 0.760. The van der Waals surface area contributed by atoms with Crippen LogP contribution in [0.15, 0.2) is 12.1 Å². The van der Waals surface area contributed by atoms with Gasteiger partial charge in [-0.1, -0.05) is 30.9 Å². The zero-order valence-electron chi connectivity index (χ0n) is 8.26. The molecule has 1 saturated carbocycles. The lowest BCUT2D eigenvalue weighted by Crippen LogP contribution is -2.20. The lowest BCUT2D eigenvalue weighted by Gasteiger charge is -2.25. The molecule has 1 fully saturated rings. The number of hydrogen-bond acceptors (Lipinski definition) is 2. The van der Waals surface area contributed by atoms with E-state index in [1.807, 2.05) is 6.07 Å². The van der Waals surface area contributed by atoms with Crippen molar-refractivity contribution in [3.63, 3.8) is 0 Å². The highest BCUT2D eigenvalue weighted by Gasteiger charge is 2.16. The van der Waals surface area contributed by atoms with Crippen LogP contribution in [0.25, 0.3) is 0 Å². The van der Waals surface area contributed by atoms with Crippen LogP contribution in [-0.4, -0.2) is 6.54 Å². The van der Waals surface area contributed by atoms with Crippen molar-refractivity contribution in [3.8, 4) is 0 Å². The van der Waals surface area contributed by atoms with E-state index in [1.165, 1.54) is 30.6 Å². The standard InChI is InChI=1S/C11H16ClNS/c12-11-5-4-10(14-11)8-13-7-6-9-2-1-3-9/h4-5,9,13H,1-3,6-8H2. The Hall–Kier alpha value is -0.0500. The SMILES string of the molecule is Clc1ccc(CNCCC2CCC2)s1. The molecule has 1 aliphatic rings. The number of halogens is 1. The smallest absolute Gasteiger partial charge is 0.0931 e. The van der Waals surface area contributed by atoms with E-state index in [0.29, 0.717) is 0 Å². The van der Waals surface area contributed by atoms with Gasteiger partial charge < -0.3 is 5.32 Å². The Morgan fingerprint density at radius 1 is 1.43 bits per heavy atom. The summed E-state index contributed by atoms with van der Waals surface area (Å²) < 4.78 is 0.890. The Morgan fingerprint density at radius 2 is 2.29 bits per heavy atom. The first-order valence-electron chi connectivity index (χ1n) is 5.29. The van der Waals surface area contributed by atoms with Crippen LogP contribution < -0.4 is 5.32 Å². The monoisotopic (exact) mass is 229 g/mol. The molecule has 0 atom stereocenters. The van der Waals surface area contributed by atoms with Crippen LogP contribution in [0.4, 0.5) is 0 Å². The predicted molar refractivity (Wildman–Crippen MR) is 63.0 cm³/mol. The fourth-order valence-electron chi connectivity index (χ4n) is 1.75. The first-order valence-corrected chi connectivity index (χ1v) is 6.49. The van der Waals surface area contributed by atoms with Gasteiger partial charge in [0.2, 0.25) is 0 Å². The second-order valence-corrected chi connectivity index (χ2v) is 5.77. The third-order valence-corrected chi connectivity index (χ3v) is 4.11. The van der Waals surface area contributed by atoms with Crippen molar-refractivity contribution in [2.75, 3.05) is 6.54 Å². The molecule has 0 aromatic carbocycles. The van der Waals surface area contributed by atoms with Crippen molar-refractivity contribution in [1.82, 2.24) is 5.32 Å². The minimum absolute atomic E-state index is 0.890. The molecule has 1 aromatic rings. The van der Waals surface area contributed by atoms with E-state index < -0.39 is 0 Å². The van der Waals surface area contributed by atoms with Gasteiger partial charge in [0.1, 0.15) is 0 Å². The van der Waals surface area contributed by atoms with Gasteiger partial charge in [-0.3, -0.25) is 0 Å². The number of thiophene rings is 1. The van der Waals surface area contributed by atoms with E-state index in [0.717, 1.165) is 23.3 Å². The highest BCUT2D eigenvalue weighted by Crippen LogP contribution is 2.28. The van der Waals surface area contributed by atoms with Gasteiger partial charge in [0.05, 0.1) is 4.34 Å². The minimum Gasteiger partial charge on any atom is -0.312 e. The maximum absolute atomic E-state index is 5.85. The molecule has 0 radical (unpaired) electrons. The Bertz CT molecular complexity index is 281. The topological polar surface area (TPSA) is 12.0 Å². The molecule has 78 valence electrons. The average Bonchev–Trinajstić information content (AvgIpc) is 2.48. The number of rotatable bonds is 5. The summed E-state index contributed by atoms with van der Waals surface area (Å²) in [5.74, 6) is 1.01. The van der Waals surface area contributed by atoms with E-state index in [4.69, 9.17) is 11.6 Å². The highest BCUT2D eigenvalue weighted by atomic mass is 35.5. The normalized spacial score (nSPS) is 16.9. The minimum atomic E-state index is 0.890. The van der Waals surface area contributed by atoms with Gasteiger partial charge in [-0.15, -0.1) is 11.3 Å². The summed E-state index contributed by atoms with van der Waals surface area (Å²) in [7, 11) is 0. The summed E-state index contributed by atoms with van der Waals surface area (Å²) in [5, 5.41) is 3.47. The van der Waals surface area contributed by atoms with Crippen LogP contribution in [0.1, 0.15) is 30.6 Å². The van der Waals surface area contributed by atoms with E-state index in [9.17, 15) is 0 Å². The van der Waals surface area contributed by atoms with Crippen molar-refractivity contribution < 1.29 is 0 Å². The van der Waals surface area contributed by atoms with Gasteiger partial charge >= 0.3 is 0 Å². The lowest BCUT2D eigenvalue weighted by molar-refractivity contribution is 0.292. The summed E-state index contributed by atoms with van der Waals surface area (Å²) in [6, 6.07) is 4.07. The summed E-state index contributed by atoms with van der Waals surface area (Å²) in [6.45, 7) is 2.13. The third-order valence-electron chi connectivity index (χ3n) is 2.88. The van der Waals surface area contributed by atoms with Gasteiger partial charge in [-0.05, 0) is 31.0 Å². The van der Waals surface area contributed by atoms with Crippen molar-refractivity contribution in [2.45, 2.75) is 32.2 Å². The Balaban J connectivity index is 1.58. The Labute approximate surface area is 94.5 Å². The largest absolute Gasteiger partial charge is 0.312 e. The van der Waals surface area contributed by atoms with Crippen molar-refractivity contribution in [3.05, 3.63) is 21.3 Å². The molecule has 3 heteroatoms. The summed E-state index contributed by atoms with van der Waals surface area (Å²) >= 11 is 7.52. The Kier molecular flexibility index (Phi) is 3.85. The molecule has 1 N–H and O–H groups in total. The number of nitrogens with one attached hydrogen (secondary N) is 1. The summed E-state index contributed by atoms with van der Waals surface area (Å²) in [6.07, 6.45) is 5.70. The van der Waals surface area contributed by atoms with Crippen molar-refractivity contribution in [1.29, 1.82) is 0 Å². The summed E-state index contributed by atoms with van der Waals surface area (Å²) in [5.41, 5.74) is 0. The van der Waals surface area contributed by atoms with Crippen LogP contribution in [0, 0.1) is 5.92 Å². The molecule has 0 saturated heterocycles. The molecule has 1 aromatic heterocycles. The molecule has 0 spiro atoms. The molecule has 1 nitrogen and oxygen atoms in total. The van der Waals surface area contributed by atoms with Crippen LogP contribution in [-0.2, 0) is 6.54 Å². The second kappa shape index (κ2) is 5.15. The fraction of sp³-hybridized carbons (Fsp3) is 0.636. The van der Waals surface area contributed by atoms with Crippen LogP contribution in [0.5, 0.6) is 0 Å². The van der Waals surface area contributed by atoms with Gasteiger partial charge in [0.15, 0.2) is 0 Å². The van der Waals surface area contributed by atoms with Crippen LogP contribution >= 0.6 is 22.9 Å². The summed E-state index contributed by atoms with van der Waals surface area (Å²) in [4.78, 5) is 1.34. The van der Waals surface area contributed by atoms with Gasteiger partial charge in [0, 0.05) is 11.4 Å². The zero-order chi connectivity index (χ0) is 9.80. The van der Waals surface area contributed by atoms with Crippen LogP contribution in [0.3, 0.4) is 0 Å². The predicted octanol–water partition coefficient (Wildman–Crippen LogP) is 3.68. The molecule has 1 heterocycles. The van der Waals surface area contributed by atoms with Gasteiger partial charge in [-0.25, -0.2) is 0 Å². The van der Waals surface area contributed by atoms with Gasteiger partial charge in [0.25, 0.3) is 0 Å². The second-order valence-electron chi connectivity index (χ2n) is 3.97. The lowest BCUT2D eigenvalue weighted by atomic mass is 9.83. The molecule has 2 rings (SSSR count). The molecule has 0 amide bonds. The zero-order valence-corrected chi connectivity index (χ0v) is 9.83. The molecule has 14 heavy (non-hydrogen) atoms. The van der Waals surface area contributed by atoms with Crippen molar-refractivity contribution in [2.24, 2.45) is 5.92 Å². The third kappa shape index (κ3) is 2.97. The molecular weight excluding hydrogens is 214 g/mol. The van der Waals surface area contributed by atoms with Crippen LogP contribution in [0.2, 0.25) is 4.34 Å². The molecule has 0 unspecified atom stereocenters. The average molecular weight is 230 g/mol. The van der Waals surface area contributed by atoms with E-state index in [-0.39, 0.29) is 0 Å². The Morgan fingerprint density at radius 3 is 2.86 bits per heavy atom. The van der Waals surface area contributed by atoms with E-state index in [1.54, 1.807) is 11.3 Å². The molecule has 0 bridgehead atoms. The maximum Gasteiger partial charge on any atom is 0.0931 e. The molecule has 0 aliphatic heterocycles. The fourth-order valence-corrected chi connectivity index (χ4v) is 2.80. The number of hydrogen-bond donors (Lipinski definition) is 1. The van der Waals surface area contributed by atoms with E-state index in [2.05, 4.69) is 11.4 Å². The first-order chi connectivity index (χ1) is 6.84. The molecular formula is C11H16ClNS. The highest BCUT2D eigenvalue weighted by molar-refractivity contribution is 7.16. The first kappa shape index (κ1) is 10.5. The maximum atomic E-state index is 5.85. The van der Waals surface area contributed by atoms with Crippen molar-refractivity contribution >= 4 is 22.9 Å². The van der Waals surface area contributed by atoms with Gasteiger partial charge in [-0.2, -0.15) is 0 Å².